The summed E-state index contributed by atoms with van der Waals surface area (Å²) in [6.07, 6.45) is 2.76. The maximum atomic E-state index is 12.5. The zero-order chi connectivity index (χ0) is 17.3. The van der Waals surface area contributed by atoms with E-state index in [1.165, 1.54) is 16.7 Å². The van der Waals surface area contributed by atoms with Crippen LogP contribution in [0.1, 0.15) is 5.56 Å². The zero-order valence-corrected chi connectivity index (χ0v) is 13.5. The smallest absolute Gasteiger partial charge is 0.257 e. The summed E-state index contributed by atoms with van der Waals surface area (Å²) in [5.74, 6) is -0.335. The minimum absolute atomic E-state index is 0.0531. The standard InChI is InChI=1S/C17H13ClN4O2/c1-3-14(23)20-11-5-4-6-12(8-11)22-15(24)7-10(2)13-9-19-17(18)21-16(13)22/h3-9H,1H2,2H3,(H,20,23). The summed E-state index contributed by atoms with van der Waals surface area (Å²) in [7, 11) is 0. The number of nitrogens with zero attached hydrogens (tertiary/aromatic N) is 3. The number of amides is 1. The zero-order valence-electron chi connectivity index (χ0n) is 12.8. The Morgan fingerprint density at radius 2 is 2.17 bits per heavy atom. The van der Waals surface area contributed by atoms with Crippen molar-refractivity contribution < 1.29 is 4.79 Å². The van der Waals surface area contributed by atoms with Crippen LogP contribution in [0, 0.1) is 6.92 Å². The molecule has 0 aliphatic carbocycles. The number of nitrogens with one attached hydrogen (secondary N) is 1. The average molecular weight is 341 g/mol. The highest BCUT2D eigenvalue weighted by Gasteiger charge is 2.11. The van der Waals surface area contributed by atoms with Gasteiger partial charge in [0.2, 0.25) is 11.2 Å². The molecule has 1 aromatic carbocycles. The molecule has 120 valence electrons. The van der Waals surface area contributed by atoms with Gasteiger partial charge in [0.25, 0.3) is 5.56 Å². The molecule has 0 saturated carbocycles. The van der Waals surface area contributed by atoms with Crippen molar-refractivity contribution in [2.75, 3.05) is 5.32 Å². The molecule has 7 heteroatoms. The van der Waals surface area contributed by atoms with Crippen LogP contribution >= 0.6 is 11.6 Å². The Morgan fingerprint density at radius 3 is 2.92 bits per heavy atom. The van der Waals surface area contributed by atoms with Crippen molar-refractivity contribution in [2.24, 2.45) is 0 Å². The fraction of sp³-hybridized carbons (Fsp3) is 0.0588. The van der Waals surface area contributed by atoms with E-state index in [1.807, 2.05) is 6.92 Å². The molecule has 3 rings (SSSR count). The van der Waals surface area contributed by atoms with E-state index in [2.05, 4.69) is 21.9 Å². The lowest BCUT2D eigenvalue weighted by Crippen LogP contribution is -2.20. The van der Waals surface area contributed by atoms with E-state index in [4.69, 9.17) is 11.6 Å². The summed E-state index contributed by atoms with van der Waals surface area (Å²) in [6, 6.07) is 8.38. The second-order valence-electron chi connectivity index (χ2n) is 5.12. The van der Waals surface area contributed by atoms with Gasteiger partial charge in [-0.1, -0.05) is 12.6 Å². The first-order valence-corrected chi connectivity index (χ1v) is 7.46. The molecule has 24 heavy (non-hydrogen) atoms. The first kappa shape index (κ1) is 15.9. The number of benzene rings is 1. The minimum Gasteiger partial charge on any atom is -0.322 e. The fourth-order valence-electron chi connectivity index (χ4n) is 2.40. The Hall–Kier alpha value is -2.99. The normalized spacial score (nSPS) is 10.6. The van der Waals surface area contributed by atoms with Crippen LogP contribution in [0.25, 0.3) is 16.7 Å². The van der Waals surface area contributed by atoms with Gasteiger partial charge in [-0.15, -0.1) is 0 Å². The molecule has 0 spiro atoms. The molecule has 1 amide bonds. The number of rotatable bonds is 3. The van der Waals surface area contributed by atoms with Crippen LogP contribution in [0.2, 0.25) is 5.28 Å². The van der Waals surface area contributed by atoms with Crippen LogP contribution in [-0.4, -0.2) is 20.4 Å². The topological polar surface area (TPSA) is 76.9 Å². The van der Waals surface area contributed by atoms with E-state index in [9.17, 15) is 9.59 Å². The van der Waals surface area contributed by atoms with Crippen LogP contribution in [0.5, 0.6) is 0 Å². The molecule has 6 nitrogen and oxygen atoms in total. The summed E-state index contributed by atoms with van der Waals surface area (Å²) >= 11 is 5.90. The van der Waals surface area contributed by atoms with Crippen molar-refractivity contribution in [3.63, 3.8) is 0 Å². The van der Waals surface area contributed by atoms with Gasteiger partial charge in [-0.05, 0) is 48.4 Å². The van der Waals surface area contributed by atoms with Crippen LogP contribution in [-0.2, 0) is 4.79 Å². The van der Waals surface area contributed by atoms with Crippen LogP contribution in [0.3, 0.4) is 0 Å². The highest BCUT2D eigenvalue weighted by atomic mass is 35.5. The molecule has 0 aliphatic rings. The van der Waals surface area contributed by atoms with Gasteiger partial charge in [0.15, 0.2) is 5.65 Å². The second kappa shape index (κ2) is 6.25. The molecule has 0 bridgehead atoms. The quantitative estimate of drug-likeness (QED) is 0.587. The number of pyridine rings is 1. The molecule has 3 aromatic rings. The summed E-state index contributed by atoms with van der Waals surface area (Å²) < 4.78 is 1.43. The SMILES string of the molecule is C=CC(=O)Nc1cccc(-n2c(=O)cc(C)c3cnc(Cl)nc32)c1. The third kappa shape index (κ3) is 2.91. The largest absolute Gasteiger partial charge is 0.322 e. The Morgan fingerprint density at radius 1 is 1.38 bits per heavy atom. The fourth-order valence-corrected chi connectivity index (χ4v) is 2.53. The number of aromatic nitrogens is 3. The average Bonchev–Trinajstić information content (AvgIpc) is 2.54. The molecule has 0 radical (unpaired) electrons. The Balaban J connectivity index is 2.25. The molecular weight excluding hydrogens is 328 g/mol. The van der Waals surface area contributed by atoms with E-state index in [0.717, 1.165) is 10.9 Å². The van der Waals surface area contributed by atoms with E-state index < -0.39 is 0 Å². The number of aryl methyl sites for hydroxylation is 1. The van der Waals surface area contributed by atoms with Gasteiger partial charge >= 0.3 is 0 Å². The number of fused-ring (bicyclic) bond motifs is 1. The number of halogens is 1. The van der Waals surface area contributed by atoms with Gasteiger partial charge in [-0.2, -0.15) is 4.98 Å². The third-order valence-electron chi connectivity index (χ3n) is 3.49. The maximum absolute atomic E-state index is 12.5. The van der Waals surface area contributed by atoms with Crippen LogP contribution < -0.4 is 10.9 Å². The van der Waals surface area contributed by atoms with Gasteiger partial charge in [0.1, 0.15) is 0 Å². The Kier molecular flexibility index (Phi) is 4.14. The van der Waals surface area contributed by atoms with Crippen molar-refractivity contribution in [1.29, 1.82) is 0 Å². The second-order valence-corrected chi connectivity index (χ2v) is 5.46. The van der Waals surface area contributed by atoms with Crippen molar-refractivity contribution in [1.82, 2.24) is 14.5 Å². The molecule has 1 N–H and O–H groups in total. The lowest BCUT2D eigenvalue weighted by molar-refractivity contribution is -0.111. The van der Waals surface area contributed by atoms with Crippen molar-refractivity contribution in [3.8, 4) is 5.69 Å². The number of hydrogen-bond acceptors (Lipinski definition) is 4. The monoisotopic (exact) mass is 340 g/mol. The summed E-state index contributed by atoms with van der Waals surface area (Å²) in [4.78, 5) is 32.1. The van der Waals surface area contributed by atoms with Crippen LogP contribution in [0.4, 0.5) is 5.69 Å². The summed E-state index contributed by atoms with van der Waals surface area (Å²) in [5, 5.41) is 3.44. The minimum atomic E-state index is -0.335. The van der Waals surface area contributed by atoms with E-state index in [1.54, 1.807) is 30.5 Å². The predicted molar refractivity (Wildman–Crippen MR) is 93.7 cm³/mol. The van der Waals surface area contributed by atoms with Crippen molar-refractivity contribution in [2.45, 2.75) is 6.92 Å². The number of hydrogen-bond donors (Lipinski definition) is 1. The lowest BCUT2D eigenvalue weighted by Gasteiger charge is -2.12. The molecule has 0 aliphatic heterocycles. The van der Waals surface area contributed by atoms with Crippen LogP contribution in [0.15, 0.2) is 54.0 Å². The molecule has 2 aromatic heterocycles. The first-order valence-electron chi connectivity index (χ1n) is 7.08. The molecule has 2 heterocycles. The third-order valence-corrected chi connectivity index (χ3v) is 3.68. The molecule has 0 saturated heterocycles. The summed E-state index contributed by atoms with van der Waals surface area (Å²) in [6.45, 7) is 5.22. The first-order chi connectivity index (χ1) is 11.5. The van der Waals surface area contributed by atoms with Crippen molar-refractivity contribution in [3.05, 3.63) is 70.4 Å². The van der Waals surface area contributed by atoms with E-state index >= 15 is 0 Å². The van der Waals surface area contributed by atoms with Gasteiger partial charge in [-0.25, -0.2) is 4.98 Å². The molecular formula is C17H13ClN4O2. The highest BCUT2D eigenvalue weighted by molar-refractivity contribution is 6.28. The molecule has 0 atom stereocenters. The van der Waals surface area contributed by atoms with Gasteiger partial charge in [-0.3, -0.25) is 14.2 Å². The van der Waals surface area contributed by atoms with Gasteiger partial charge < -0.3 is 5.32 Å². The number of anilines is 1. The Bertz CT molecular complexity index is 1030. The molecule has 0 fully saturated rings. The van der Waals surface area contributed by atoms with E-state index in [0.29, 0.717) is 17.0 Å². The molecule has 0 unspecified atom stereocenters. The summed E-state index contributed by atoms with van der Waals surface area (Å²) in [5.41, 5.74) is 2.02. The van der Waals surface area contributed by atoms with Gasteiger partial charge in [0.05, 0.1) is 5.69 Å². The van der Waals surface area contributed by atoms with E-state index in [-0.39, 0.29) is 16.8 Å². The van der Waals surface area contributed by atoms with Crippen molar-refractivity contribution >= 4 is 34.2 Å². The number of carbonyl (C=O) groups excluding carboxylic acids is 1. The number of carbonyl (C=O) groups is 1. The predicted octanol–water partition coefficient (Wildman–Crippen LogP) is 2.87. The van der Waals surface area contributed by atoms with Gasteiger partial charge in [0, 0.05) is 23.3 Å². The lowest BCUT2D eigenvalue weighted by atomic mass is 10.2. The Labute approximate surface area is 142 Å². The maximum Gasteiger partial charge on any atom is 0.257 e. The highest BCUT2D eigenvalue weighted by Crippen LogP contribution is 2.20.